The Morgan fingerprint density at radius 3 is 2.61 bits per heavy atom. The third-order valence-corrected chi connectivity index (χ3v) is 2.87. The van der Waals surface area contributed by atoms with Crippen LogP contribution in [0.1, 0.15) is 25.1 Å². The number of nitrogens with zero attached hydrogens (tertiary/aromatic N) is 4. The number of rotatable bonds is 4. The summed E-state index contributed by atoms with van der Waals surface area (Å²) in [6.07, 6.45) is 4.65. The van der Waals surface area contributed by atoms with Crippen LogP contribution in [0, 0.1) is 6.92 Å². The highest BCUT2D eigenvalue weighted by Crippen LogP contribution is 2.22. The molecule has 18 heavy (non-hydrogen) atoms. The monoisotopic (exact) mass is 245 g/mol. The number of aryl methyl sites for hydroxylation is 2. The van der Waals surface area contributed by atoms with E-state index in [2.05, 4.69) is 34.2 Å². The van der Waals surface area contributed by atoms with E-state index in [1.807, 2.05) is 20.2 Å². The molecule has 0 spiro atoms. The van der Waals surface area contributed by atoms with Gasteiger partial charge in [-0.05, 0) is 20.3 Å². The molecule has 2 aromatic rings. The van der Waals surface area contributed by atoms with Gasteiger partial charge in [0.1, 0.15) is 5.82 Å². The zero-order valence-corrected chi connectivity index (χ0v) is 11.4. The van der Waals surface area contributed by atoms with Crippen molar-refractivity contribution in [2.75, 3.05) is 11.9 Å². The second kappa shape index (κ2) is 5.16. The van der Waals surface area contributed by atoms with E-state index in [0.717, 1.165) is 35.9 Å². The highest BCUT2D eigenvalue weighted by atomic mass is 15.2. The fourth-order valence-corrected chi connectivity index (χ4v) is 2.00. The molecular weight excluding hydrogens is 226 g/mol. The van der Waals surface area contributed by atoms with Crippen molar-refractivity contribution in [1.82, 2.24) is 19.7 Å². The van der Waals surface area contributed by atoms with Crippen LogP contribution in [0.2, 0.25) is 0 Å². The second-order valence-corrected chi connectivity index (χ2v) is 4.25. The summed E-state index contributed by atoms with van der Waals surface area (Å²) < 4.78 is 1.76. The first-order valence-corrected chi connectivity index (χ1v) is 6.26. The summed E-state index contributed by atoms with van der Waals surface area (Å²) in [4.78, 5) is 9.17. The van der Waals surface area contributed by atoms with Crippen LogP contribution in [0.5, 0.6) is 0 Å². The van der Waals surface area contributed by atoms with E-state index in [1.54, 1.807) is 10.9 Å². The van der Waals surface area contributed by atoms with E-state index in [4.69, 9.17) is 0 Å². The molecule has 5 nitrogen and oxygen atoms in total. The minimum atomic E-state index is 0.730. The molecule has 0 unspecified atom stereocenters. The van der Waals surface area contributed by atoms with E-state index in [9.17, 15) is 0 Å². The molecule has 2 rings (SSSR count). The van der Waals surface area contributed by atoms with Crippen LogP contribution in [0.3, 0.4) is 0 Å². The van der Waals surface area contributed by atoms with E-state index in [1.165, 1.54) is 5.56 Å². The quantitative estimate of drug-likeness (QED) is 0.897. The molecule has 0 fully saturated rings. The Labute approximate surface area is 107 Å². The predicted octanol–water partition coefficient (Wildman–Crippen LogP) is 2.18. The van der Waals surface area contributed by atoms with Gasteiger partial charge in [0, 0.05) is 31.0 Å². The third kappa shape index (κ3) is 2.34. The lowest BCUT2D eigenvalue weighted by molar-refractivity contribution is 0.768. The topological polar surface area (TPSA) is 55.6 Å². The normalized spacial score (nSPS) is 10.7. The van der Waals surface area contributed by atoms with Gasteiger partial charge in [0.05, 0.1) is 11.8 Å². The van der Waals surface area contributed by atoms with Crippen LogP contribution in [0.25, 0.3) is 11.4 Å². The van der Waals surface area contributed by atoms with Gasteiger partial charge in [-0.3, -0.25) is 4.68 Å². The summed E-state index contributed by atoms with van der Waals surface area (Å²) >= 11 is 0. The summed E-state index contributed by atoms with van der Waals surface area (Å²) in [6, 6.07) is 0. The predicted molar refractivity (Wildman–Crippen MR) is 72.5 cm³/mol. The molecule has 5 heteroatoms. The van der Waals surface area contributed by atoms with Gasteiger partial charge in [-0.1, -0.05) is 6.92 Å². The van der Waals surface area contributed by atoms with Gasteiger partial charge in [-0.25, -0.2) is 9.97 Å². The van der Waals surface area contributed by atoms with E-state index < -0.39 is 0 Å². The first-order chi connectivity index (χ1) is 8.65. The van der Waals surface area contributed by atoms with Gasteiger partial charge in [-0.2, -0.15) is 5.10 Å². The fraction of sp³-hybridized carbons (Fsp3) is 0.462. The summed E-state index contributed by atoms with van der Waals surface area (Å²) in [5, 5.41) is 7.46. The lowest BCUT2D eigenvalue weighted by atomic mass is 10.1. The lowest BCUT2D eigenvalue weighted by Gasteiger charge is -2.12. The van der Waals surface area contributed by atoms with Gasteiger partial charge in [0.2, 0.25) is 0 Å². The van der Waals surface area contributed by atoms with Crippen molar-refractivity contribution in [2.45, 2.75) is 27.2 Å². The highest BCUT2D eigenvalue weighted by molar-refractivity contribution is 5.58. The van der Waals surface area contributed by atoms with Crippen LogP contribution >= 0.6 is 0 Å². The number of hydrogen-bond acceptors (Lipinski definition) is 4. The molecular formula is C13H19N5. The number of hydrogen-bond donors (Lipinski definition) is 1. The molecule has 0 aliphatic rings. The molecule has 0 bridgehead atoms. The molecule has 0 amide bonds. The van der Waals surface area contributed by atoms with Crippen LogP contribution in [0.15, 0.2) is 12.4 Å². The maximum atomic E-state index is 4.60. The average Bonchev–Trinajstić information content (AvgIpc) is 2.76. The molecule has 0 aliphatic heterocycles. The Morgan fingerprint density at radius 1 is 1.28 bits per heavy atom. The molecule has 0 saturated heterocycles. The Kier molecular flexibility index (Phi) is 3.60. The summed E-state index contributed by atoms with van der Waals surface area (Å²) in [7, 11) is 1.89. The van der Waals surface area contributed by atoms with Crippen molar-refractivity contribution in [3.05, 3.63) is 23.7 Å². The standard InChI is InChI=1S/C13H19N5/c1-5-11-9(3)16-12(17-13(11)14-6-2)10-7-15-18(4)8-10/h7-8H,5-6H2,1-4H3,(H,14,16,17). The van der Waals surface area contributed by atoms with Crippen LogP contribution in [0.4, 0.5) is 5.82 Å². The molecule has 2 aromatic heterocycles. The Bertz CT molecular complexity index is 544. The lowest BCUT2D eigenvalue weighted by Crippen LogP contribution is -2.07. The summed E-state index contributed by atoms with van der Waals surface area (Å²) in [5.41, 5.74) is 3.16. The van der Waals surface area contributed by atoms with E-state index in [0.29, 0.717) is 0 Å². The third-order valence-electron chi connectivity index (χ3n) is 2.87. The largest absolute Gasteiger partial charge is 0.370 e. The van der Waals surface area contributed by atoms with Gasteiger partial charge in [0.15, 0.2) is 5.82 Å². The van der Waals surface area contributed by atoms with Crippen molar-refractivity contribution < 1.29 is 0 Å². The van der Waals surface area contributed by atoms with Crippen molar-refractivity contribution in [3.63, 3.8) is 0 Å². The summed E-state index contributed by atoms with van der Waals surface area (Å²) in [5.74, 6) is 1.67. The zero-order chi connectivity index (χ0) is 13.1. The first-order valence-electron chi connectivity index (χ1n) is 6.26. The Balaban J connectivity index is 2.50. The molecule has 2 heterocycles. The van der Waals surface area contributed by atoms with Crippen molar-refractivity contribution >= 4 is 5.82 Å². The Hall–Kier alpha value is -1.91. The van der Waals surface area contributed by atoms with Crippen molar-refractivity contribution in [1.29, 1.82) is 0 Å². The van der Waals surface area contributed by atoms with Gasteiger partial charge in [0.25, 0.3) is 0 Å². The number of aromatic nitrogens is 4. The van der Waals surface area contributed by atoms with E-state index in [-0.39, 0.29) is 0 Å². The molecule has 0 atom stereocenters. The number of nitrogens with one attached hydrogen (secondary N) is 1. The second-order valence-electron chi connectivity index (χ2n) is 4.25. The average molecular weight is 245 g/mol. The molecule has 1 N–H and O–H groups in total. The van der Waals surface area contributed by atoms with Gasteiger partial charge >= 0.3 is 0 Å². The van der Waals surface area contributed by atoms with Crippen LogP contribution in [-0.4, -0.2) is 26.3 Å². The van der Waals surface area contributed by atoms with Crippen molar-refractivity contribution in [2.24, 2.45) is 7.05 Å². The smallest absolute Gasteiger partial charge is 0.164 e. The zero-order valence-electron chi connectivity index (χ0n) is 11.4. The Morgan fingerprint density at radius 2 is 2.06 bits per heavy atom. The molecule has 0 aliphatic carbocycles. The molecule has 96 valence electrons. The highest BCUT2D eigenvalue weighted by Gasteiger charge is 2.11. The van der Waals surface area contributed by atoms with Gasteiger partial charge < -0.3 is 5.32 Å². The number of anilines is 1. The van der Waals surface area contributed by atoms with Gasteiger partial charge in [-0.15, -0.1) is 0 Å². The molecule has 0 aromatic carbocycles. The van der Waals surface area contributed by atoms with Crippen LogP contribution < -0.4 is 5.32 Å². The minimum Gasteiger partial charge on any atom is -0.370 e. The van der Waals surface area contributed by atoms with Crippen LogP contribution in [-0.2, 0) is 13.5 Å². The minimum absolute atomic E-state index is 0.730. The van der Waals surface area contributed by atoms with Crippen molar-refractivity contribution in [3.8, 4) is 11.4 Å². The molecule has 0 saturated carbocycles. The summed E-state index contributed by atoms with van der Waals surface area (Å²) in [6.45, 7) is 7.08. The first kappa shape index (κ1) is 12.5. The van der Waals surface area contributed by atoms with E-state index >= 15 is 0 Å². The fourth-order valence-electron chi connectivity index (χ4n) is 2.00. The maximum absolute atomic E-state index is 4.60. The molecule has 0 radical (unpaired) electrons. The SMILES string of the molecule is CCNc1nc(-c2cnn(C)c2)nc(C)c1CC. The maximum Gasteiger partial charge on any atom is 0.164 e.